The molecule has 1 atom stereocenters. The van der Waals surface area contributed by atoms with Gasteiger partial charge >= 0.3 is 0 Å². The third-order valence-electron chi connectivity index (χ3n) is 2.87. The van der Waals surface area contributed by atoms with Crippen LogP contribution in [-0.2, 0) is 9.59 Å². The Morgan fingerprint density at radius 1 is 1.32 bits per heavy atom. The fourth-order valence-corrected chi connectivity index (χ4v) is 2.05. The summed E-state index contributed by atoms with van der Waals surface area (Å²) in [7, 11) is 1.77. The molecule has 0 saturated carbocycles. The fourth-order valence-electron chi connectivity index (χ4n) is 1.83. The number of nitrogens with one attached hydrogen (secondary N) is 3. The Labute approximate surface area is 135 Å². The van der Waals surface area contributed by atoms with Crippen LogP contribution in [0.25, 0.3) is 0 Å². The third kappa shape index (κ3) is 6.12. The number of carbonyl (C=O) groups is 2. The lowest BCUT2D eigenvalue weighted by Crippen LogP contribution is -3.11. The molecule has 118 valence electrons. The molecule has 0 spiro atoms. The Kier molecular flexibility index (Phi) is 7.37. The fraction of sp³-hybridized carbons (Fsp3) is 0.400. The second kappa shape index (κ2) is 9.03. The molecule has 3 N–H and O–H groups in total. The monoisotopic (exact) mass is 323 g/mol. The van der Waals surface area contributed by atoms with Crippen LogP contribution in [0.15, 0.2) is 18.2 Å². The van der Waals surface area contributed by atoms with Crippen molar-refractivity contribution in [3.05, 3.63) is 28.8 Å². The van der Waals surface area contributed by atoms with E-state index in [1.54, 1.807) is 19.2 Å². The van der Waals surface area contributed by atoms with Gasteiger partial charge in [-0.15, -0.1) is 0 Å². The number of hydrogen-bond acceptors (Lipinski definition) is 3. The van der Waals surface area contributed by atoms with Gasteiger partial charge in [-0.2, -0.15) is 5.26 Å². The molecular weight excluding hydrogens is 304 g/mol. The van der Waals surface area contributed by atoms with E-state index in [-0.39, 0.29) is 24.9 Å². The van der Waals surface area contributed by atoms with Crippen molar-refractivity contribution in [2.24, 2.45) is 0 Å². The molecule has 6 nitrogen and oxygen atoms in total. The van der Waals surface area contributed by atoms with Crippen molar-refractivity contribution >= 4 is 29.1 Å². The van der Waals surface area contributed by atoms with E-state index in [0.29, 0.717) is 22.8 Å². The minimum Gasteiger partial charge on any atom is -0.351 e. The minimum absolute atomic E-state index is 0.0754. The Morgan fingerprint density at radius 3 is 2.59 bits per heavy atom. The lowest BCUT2D eigenvalue weighted by atomic mass is 10.2. The normalized spacial score (nSPS) is 11.4. The van der Waals surface area contributed by atoms with Gasteiger partial charge in [-0.25, -0.2) is 0 Å². The topological polar surface area (TPSA) is 86.4 Å². The molecule has 2 amide bonds. The standard InChI is InChI=1S/C15H19ClN4O2/c1-3-6-18-14(21)9-20(2)10-15(22)19-12-5-4-11(8-17)13(16)7-12/h4-5,7H,3,6,9-10H2,1-2H3,(H,18,21)(H,19,22)/p+1. The highest BCUT2D eigenvalue weighted by molar-refractivity contribution is 6.32. The molecule has 0 heterocycles. The number of halogens is 1. The average molecular weight is 324 g/mol. The van der Waals surface area contributed by atoms with Crippen LogP contribution in [0.3, 0.4) is 0 Å². The maximum atomic E-state index is 11.9. The van der Waals surface area contributed by atoms with E-state index in [2.05, 4.69) is 10.6 Å². The number of nitriles is 1. The summed E-state index contributed by atoms with van der Waals surface area (Å²) >= 11 is 5.90. The highest BCUT2D eigenvalue weighted by atomic mass is 35.5. The quantitative estimate of drug-likeness (QED) is 0.669. The number of quaternary nitrogens is 1. The summed E-state index contributed by atoms with van der Waals surface area (Å²) in [5, 5.41) is 14.5. The number of hydrogen-bond donors (Lipinski definition) is 3. The van der Waals surface area contributed by atoms with Crippen molar-refractivity contribution in [3.63, 3.8) is 0 Å². The first-order valence-electron chi connectivity index (χ1n) is 7.03. The molecule has 0 saturated heterocycles. The minimum atomic E-state index is -0.221. The molecule has 22 heavy (non-hydrogen) atoms. The lowest BCUT2D eigenvalue weighted by Gasteiger charge is -2.13. The molecule has 0 aromatic heterocycles. The summed E-state index contributed by atoms with van der Waals surface area (Å²) in [6.07, 6.45) is 0.880. The van der Waals surface area contributed by atoms with Crippen LogP contribution in [0.1, 0.15) is 18.9 Å². The van der Waals surface area contributed by atoms with E-state index in [1.807, 2.05) is 13.0 Å². The molecule has 0 bridgehead atoms. The predicted molar refractivity (Wildman–Crippen MR) is 84.7 cm³/mol. The largest absolute Gasteiger partial charge is 0.351 e. The zero-order valence-corrected chi connectivity index (χ0v) is 13.5. The van der Waals surface area contributed by atoms with Crippen LogP contribution < -0.4 is 15.5 Å². The van der Waals surface area contributed by atoms with E-state index < -0.39 is 0 Å². The van der Waals surface area contributed by atoms with Crippen molar-refractivity contribution < 1.29 is 14.5 Å². The van der Waals surface area contributed by atoms with Gasteiger partial charge in [0.05, 0.1) is 17.6 Å². The molecule has 1 aromatic rings. The Hall–Kier alpha value is -2.10. The summed E-state index contributed by atoms with van der Waals surface area (Å²) in [5.41, 5.74) is 0.882. The van der Waals surface area contributed by atoms with E-state index >= 15 is 0 Å². The average Bonchev–Trinajstić information content (AvgIpc) is 2.44. The zero-order valence-electron chi connectivity index (χ0n) is 12.7. The first-order chi connectivity index (χ1) is 10.5. The van der Waals surface area contributed by atoms with E-state index in [4.69, 9.17) is 16.9 Å². The number of anilines is 1. The van der Waals surface area contributed by atoms with E-state index in [1.165, 1.54) is 6.07 Å². The van der Waals surface area contributed by atoms with Gasteiger partial charge in [-0.1, -0.05) is 18.5 Å². The smallest absolute Gasteiger partial charge is 0.279 e. The Morgan fingerprint density at radius 2 is 2.00 bits per heavy atom. The zero-order chi connectivity index (χ0) is 16.5. The molecule has 0 aliphatic rings. The molecule has 0 aliphatic carbocycles. The predicted octanol–water partition coefficient (Wildman–Crippen LogP) is 0.191. The third-order valence-corrected chi connectivity index (χ3v) is 3.18. The van der Waals surface area contributed by atoms with Crippen LogP contribution in [0.4, 0.5) is 5.69 Å². The lowest BCUT2D eigenvalue weighted by molar-refractivity contribution is -0.862. The van der Waals surface area contributed by atoms with Crippen LogP contribution in [-0.4, -0.2) is 38.5 Å². The van der Waals surface area contributed by atoms with Gasteiger partial charge in [0.1, 0.15) is 6.07 Å². The molecule has 0 aliphatic heterocycles. The number of nitrogens with zero attached hydrogens (tertiary/aromatic N) is 1. The maximum Gasteiger partial charge on any atom is 0.279 e. The number of carbonyl (C=O) groups excluding carboxylic acids is 2. The SMILES string of the molecule is CCCNC(=O)C[NH+](C)CC(=O)Nc1ccc(C#N)c(Cl)c1. The van der Waals surface area contributed by atoms with Crippen molar-refractivity contribution in [1.82, 2.24) is 5.32 Å². The molecule has 0 radical (unpaired) electrons. The van der Waals surface area contributed by atoms with E-state index in [0.717, 1.165) is 11.3 Å². The molecule has 1 rings (SSSR count). The summed E-state index contributed by atoms with van der Waals surface area (Å²) in [4.78, 5) is 24.3. The summed E-state index contributed by atoms with van der Waals surface area (Å²) in [6.45, 7) is 3.02. The summed E-state index contributed by atoms with van der Waals surface area (Å²) < 4.78 is 0. The van der Waals surface area contributed by atoms with Gasteiger partial charge in [-0.3, -0.25) is 9.59 Å². The Bertz CT molecular complexity index is 583. The van der Waals surface area contributed by atoms with Gasteiger partial charge in [-0.05, 0) is 24.6 Å². The van der Waals surface area contributed by atoms with Gasteiger partial charge in [0.25, 0.3) is 11.8 Å². The number of amides is 2. The molecular formula is C15H20ClN4O2+. The second-order valence-electron chi connectivity index (χ2n) is 5.02. The summed E-state index contributed by atoms with van der Waals surface area (Å²) in [6, 6.07) is 6.65. The van der Waals surface area contributed by atoms with Gasteiger partial charge in [0.15, 0.2) is 13.1 Å². The van der Waals surface area contributed by atoms with Crippen molar-refractivity contribution in [2.45, 2.75) is 13.3 Å². The number of likely N-dealkylation sites (N-methyl/N-ethyl adjacent to an activating group) is 1. The molecule has 1 aromatic carbocycles. The first kappa shape index (κ1) is 18.0. The van der Waals surface area contributed by atoms with Crippen molar-refractivity contribution in [1.29, 1.82) is 5.26 Å². The molecule has 0 fully saturated rings. The van der Waals surface area contributed by atoms with Crippen LogP contribution in [0.2, 0.25) is 5.02 Å². The Balaban J connectivity index is 2.47. The van der Waals surface area contributed by atoms with Crippen LogP contribution >= 0.6 is 11.6 Å². The van der Waals surface area contributed by atoms with Gasteiger partial charge < -0.3 is 15.5 Å². The molecule has 1 unspecified atom stereocenters. The van der Waals surface area contributed by atoms with Crippen LogP contribution in [0, 0.1) is 11.3 Å². The maximum absolute atomic E-state index is 11.9. The van der Waals surface area contributed by atoms with Gasteiger partial charge in [0.2, 0.25) is 0 Å². The highest BCUT2D eigenvalue weighted by Gasteiger charge is 2.14. The van der Waals surface area contributed by atoms with Crippen molar-refractivity contribution in [3.8, 4) is 6.07 Å². The second-order valence-corrected chi connectivity index (χ2v) is 5.42. The van der Waals surface area contributed by atoms with Crippen LogP contribution in [0.5, 0.6) is 0 Å². The van der Waals surface area contributed by atoms with Gasteiger partial charge in [0, 0.05) is 12.2 Å². The number of rotatable bonds is 7. The van der Waals surface area contributed by atoms with E-state index in [9.17, 15) is 9.59 Å². The highest BCUT2D eigenvalue weighted by Crippen LogP contribution is 2.19. The number of benzene rings is 1. The first-order valence-corrected chi connectivity index (χ1v) is 7.41. The van der Waals surface area contributed by atoms with Crippen molar-refractivity contribution in [2.75, 3.05) is 32.0 Å². The summed E-state index contributed by atoms with van der Waals surface area (Å²) in [5.74, 6) is -0.296. The molecule has 7 heteroatoms.